The van der Waals surface area contributed by atoms with E-state index in [0.29, 0.717) is 0 Å². The van der Waals surface area contributed by atoms with Crippen LogP contribution >= 0.6 is 23.5 Å². The van der Waals surface area contributed by atoms with Crippen molar-refractivity contribution in [1.82, 2.24) is 15.2 Å². The summed E-state index contributed by atoms with van der Waals surface area (Å²) in [4.78, 5) is 7.09. The van der Waals surface area contributed by atoms with Crippen molar-refractivity contribution in [2.75, 3.05) is 49.2 Å². The molecular weight excluding hydrogens is 322 g/mol. The van der Waals surface area contributed by atoms with Crippen LogP contribution in [0.3, 0.4) is 0 Å². The Hall–Kier alpha value is -0.230. The van der Waals surface area contributed by atoms with E-state index in [1.54, 1.807) is 0 Å². The van der Waals surface area contributed by atoms with Crippen LogP contribution in [-0.4, -0.2) is 59.1 Å². The van der Waals surface area contributed by atoms with Gasteiger partial charge in [0, 0.05) is 12.7 Å². The Balaban J connectivity index is 1.76. The molecule has 0 spiro atoms. The first-order chi connectivity index (χ1) is 11.4. The van der Waals surface area contributed by atoms with Crippen molar-refractivity contribution in [3.8, 4) is 0 Å². The number of nitrogens with zero attached hydrogens (tertiary/aromatic N) is 2. The zero-order chi connectivity index (χ0) is 16.0. The van der Waals surface area contributed by atoms with Crippen LogP contribution in [-0.2, 0) is 6.54 Å². The van der Waals surface area contributed by atoms with Gasteiger partial charge in [0.15, 0.2) is 0 Å². The quantitative estimate of drug-likeness (QED) is 0.878. The summed E-state index contributed by atoms with van der Waals surface area (Å²) in [7, 11) is 0. The molecule has 0 radical (unpaired) electrons. The fraction of sp³-hybridized carbons (Fsp3) is 0.722. The second-order valence-corrected chi connectivity index (χ2v) is 8.44. The number of thioether (sulfide) groups is 2. The standard InChI is InChI=1S/C18H31N3S2/c1-2-10-20-18(7-1)17-21-11-5-15-22-13-3-8-19-9-4-14-23-16-6-12-21/h1-2,7,10,19H,3-6,8-9,11-17H2. The average molecular weight is 354 g/mol. The highest BCUT2D eigenvalue weighted by Crippen LogP contribution is 2.10. The molecule has 0 atom stereocenters. The molecule has 1 saturated heterocycles. The lowest BCUT2D eigenvalue weighted by Crippen LogP contribution is -2.27. The second kappa shape index (κ2) is 13.1. The van der Waals surface area contributed by atoms with Gasteiger partial charge >= 0.3 is 0 Å². The van der Waals surface area contributed by atoms with Gasteiger partial charge in [0.1, 0.15) is 0 Å². The number of hydrogen-bond acceptors (Lipinski definition) is 5. The molecule has 0 unspecified atom stereocenters. The summed E-state index contributed by atoms with van der Waals surface area (Å²) >= 11 is 4.22. The van der Waals surface area contributed by atoms with Crippen molar-refractivity contribution in [3.05, 3.63) is 30.1 Å². The molecule has 1 N–H and O–H groups in total. The van der Waals surface area contributed by atoms with Gasteiger partial charge in [0.05, 0.1) is 5.69 Å². The van der Waals surface area contributed by atoms with Gasteiger partial charge in [0.2, 0.25) is 0 Å². The monoisotopic (exact) mass is 353 g/mol. The maximum Gasteiger partial charge on any atom is 0.0543 e. The summed E-state index contributed by atoms with van der Waals surface area (Å²) in [5.74, 6) is 5.16. The first kappa shape index (κ1) is 19.1. The number of hydrogen-bond donors (Lipinski definition) is 1. The van der Waals surface area contributed by atoms with Gasteiger partial charge in [0.25, 0.3) is 0 Å². The van der Waals surface area contributed by atoms with E-state index in [-0.39, 0.29) is 0 Å². The molecule has 130 valence electrons. The third kappa shape index (κ3) is 9.60. The number of pyridine rings is 1. The SMILES string of the molecule is c1ccc(CN2CCCSCCCNCCCSCCC2)nc1. The molecule has 0 amide bonds. The number of nitrogens with one attached hydrogen (secondary N) is 1. The fourth-order valence-corrected chi connectivity index (χ4v) is 4.47. The third-order valence-electron chi connectivity index (χ3n) is 3.92. The van der Waals surface area contributed by atoms with Crippen LogP contribution in [0.2, 0.25) is 0 Å². The van der Waals surface area contributed by atoms with E-state index in [0.717, 1.165) is 6.54 Å². The molecule has 0 aliphatic carbocycles. The van der Waals surface area contributed by atoms with Crippen molar-refractivity contribution >= 4 is 23.5 Å². The molecule has 0 aromatic carbocycles. The molecule has 1 aliphatic heterocycles. The maximum atomic E-state index is 4.49. The van der Waals surface area contributed by atoms with Gasteiger partial charge in [-0.1, -0.05) is 6.07 Å². The van der Waals surface area contributed by atoms with Crippen LogP contribution in [0.25, 0.3) is 0 Å². The topological polar surface area (TPSA) is 28.2 Å². The summed E-state index contributed by atoms with van der Waals surface area (Å²) in [5.41, 5.74) is 1.20. The molecule has 23 heavy (non-hydrogen) atoms. The highest BCUT2D eigenvalue weighted by Gasteiger charge is 2.07. The summed E-state index contributed by atoms with van der Waals surface area (Å²) in [6.45, 7) is 5.77. The van der Waals surface area contributed by atoms with Crippen LogP contribution < -0.4 is 5.32 Å². The highest BCUT2D eigenvalue weighted by atomic mass is 32.2. The number of aromatic nitrogens is 1. The Morgan fingerprint density at radius 3 is 2.17 bits per heavy atom. The Labute approximate surface area is 150 Å². The smallest absolute Gasteiger partial charge is 0.0543 e. The van der Waals surface area contributed by atoms with Crippen molar-refractivity contribution in [2.45, 2.75) is 32.2 Å². The predicted molar refractivity (Wildman–Crippen MR) is 106 cm³/mol. The molecule has 1 fully saturated rings. The lowest BCUT2D eigenvalue weighted by atomic mass is 10.3. The summed E-state index contributed by atoms with van der Waals surface area (Å²) < 4.78 is 0. The van der Waals surface area contributed by atoms with Crippen molar-refractivity contribution in [2.24, 2.45) is 0 Å². The van der Waals surface area contributed by atoms with Crippen molar-refractivity contribution in [3.63, 3.8) is 0 Å². The van der Waals surface area contributed by atoms with Crippen LogP contribution in [0.1, 0.15) is 31.4 Å². The van der Waals surface area contributed by atoms with Gasteiger partial charge in [-0.05, 0) is 87.0 Å². The molecule has 0 saturated carbocycles. The Bertz CT molecular complexity index is 373. The summed E-state index contributed by atoms with van der Waals surface area (Å²) in [6.07, 6.45) is 7.09. The minimum Gasteiger partial charge on any atom is -0.317 e. The molecule has 2 rings (SSSR count). The minimum absolute atomic E-state index is 1.00. The second-order valence-electron chi connectivity index (χ2n) is 5.99. The Morgan fingerprint density at radius 1 is 0.913 bits per heavy atom. The van der Waals surface area contributed by atoms with E-state index in [2.05, 4.69) is 50.9 Å². The lowest BCUT2D eigenvalue weighted by Gasteiger charge is -2.22. The minimum atomic E-state index is 1.00. The largest absolute Gasteiger partial charge is 0.317 e. The van der Waals surface area contributed by atoms with Crippen LogP contribution in [0.15, 0.2) is 24.4 Å². The first-order valence-electron chi connectivity index (χ1n) is 8.93. The number of rotatable bonds is 2. The van der Waals surface area contributed by atoms with Crippen LogP contribution in [0.5, 0.6) is 0 Å². The van der Waals surface area contributed by atoms with E-state index < -0.39 is 0 Å². The van der Waals surface area contributed by atoms with Crippen molar-refractivity contribution < 1.29 is 0 Å². The van der Waals surface area contributed by atoms with E-state index in [1.807, 2.05) is 12.3 Å². The molecule has 5 heteroatoms. The fourth-order valence-electron chi connectivity index (χ4n) is 2.70. The van der Waals surface area contributed by atoms with E-state index in [1.165, 1.54) is 80.6 Å². The van der Waals surface area contributed by atoms with Gasteiger partial charge in [-0.25, -0.2) is 0 Å². The molecular formula is C18H31N3S2. The van der Waals surface area contributed by atoms with Crippen LogP contribution in [0, 0.1) is 0 Å². The third-order valence-corrected chi connectivity index (χ3v) is 6.23. The van der Waals surface area contributed by atoms with E-state index >= 15 is 0 Å². The van der Waals surface area contributed by atoms with Crippen molar-refractivity contribution in [1.29, 1.82) is 0 Å². The van der Waals surface area contributed by atoms with E-state index in [4.69, 9.17) is 0 Å². The Morgan fingerprint density at radius 2 is 1.57 bits per heavy atom. The highest BCUT2D eigenvalue weighted by molar-refractivity contribution is 7.99. The average Bonchev–Trinajstić information content (AvgIpc) is 2.57. The normalized spacial score (nSPS) is 21.0. The van der Waals surface area contributed by atoms with Gasteiger partial charge < -0.3 is 5.32 Å². The molecule has 2 heterocycles. The summed E-state index contributed by atoms with van der Waals surface area (Å²) in [6, 6.07) is 6.24. The molecule has 0 bridgehead atoms. The molecule has 1 aliphatic rings. The van der Waals surface area contributed by atoms with Gasteiger partial charge in [-0.2, -0.15) is 23.5 Å². The molecule has 1 aromatic heterocycles. The molecule has 1 aromatic rings. The maximum absolute atomic E-state index is 4.49. The summed E-state index contributed by atoms with van der Waals surface area (Å²) in [5, 5.41) is 3.56. The van der Waals surface area contributed by atoms with Crippen LogP contribution in [0.4, 0.5) is 0 Å². The molecule has 3 nitrogen and oxygen atoms in total. The lowest BCUT2D eigenvalue weighted by molar-refractivity contribution is 0.265. The van der Waals surface area contributed by atoms with Gasteiger partial charge in [-0.3, -0.25) is 9.88 Å². The van der Waals surface area contributed by atoms with Gasteiger partial charge in [-0.15, -0.1) is 0 Å². The first-order valence-corrected chi connectivity index (χ1v) is 11.2. The zero-order valence-electron chi connectivity index (χ0n) is 14.2. The van der Waals surface area contributed by atoms with E-state index in [9.17, 15) is 0 Å². The Kier molecular flexibility index (Phi) is 10.9. The predicted octanol–water partition coefficient (Wildman–Crippen LogP) is 3.51. The zero-order valence-corrected chi connectivity index (χ0v) is 15.8.